The van der Waals surface area contributed by atoms with E-state index in [9.17, 15) is 17.6 Å². The van der Waals surface area contributed by atoms with E-state index < -0.39 is 19.8 Å². The average molecular weight is 380 g/mol. The van der Waals surface area contributed by atoms with Gasteiger partial charge >= 0.3 is 44.3 Å². The first-order chi connectivity index (χ1) is 3.92. The fourth-order valence-electron chi connectivity index (χ4n) is 0.140. The van der Waals surface area contributed by atoms with Crippen LogP contribution < -0.4 is 0 Å². The number of rotatable bonds is 2. The molecule has 0 aliphatic carbocycles. The van der Waals surface area contributed by atoms with Gasteiger partial charge in [-0.25, -0.2) is 0 Å². The molecule has 0 saturated heterocycles. The van der Waals surface area contributed by atoms with E-state index in [1.807, 2.05) is 0 Å². The molecule has 0 nitrogen and oxygen atoms in total. The van der Waals surface area contributed by atoms with Gasteiger partial charge in [0.15, 0.2) is 0 Å². The molecule has 0 rings (SSSR count). The first-order valence-corrected chi connectivity index (χ1v) is 5.17. The molecule has 0 spiro atoms. The molecule has 59 valence electrons. The van der Waals surface area contributed by atoms with Crippen molar-refractivity contribution in [3.63, 3.8) is 0 Å². The van der Waals surface area contributed by atoms with Gasteiger partial charge in [-0.1, -0.05) is 0 Å². The molecule has 0 aromatic heterocycles. The Morgan fingerprint density at radius 2 is 1.89 bits per heavy atom. The summed E-state index contributed by atoms with van der Waals surface area (Å²) in [5.74, 6) is -2.90. The molecule has 9 heavy (non-hydrogen) atoms. The van der Waals surface area contributed by atoms with E-state index >= 15 is 0 Å². The maximum atomic E-state index is 11.8. The number of hydrogen-bond donors (Lipinski definition) is 0. The summed E-state index contributed by atoms with van der Waals surface area (Å²) in [6, 6.07) is 0. The van der Waals surface area contributed by atoms with Crippen LogP contribution in [0.15, 0.2) is 0 Å². The zero-order valence-corrected chi connectivity index (χ0v) is 7.17. The second-order valence-electron chi connectivity index (χ2n) is 1.48. The monoisotopic (exact) mass is 378 g/mol. The van der Waals surface area contributed by atoms with Gasteiger partial charge < -0.3 is 0 Å². The van der Waals surface area contributed by atoms with Crippen LogP contribution in [0.5, 0.6) is 0 Å². The quantitative estimate of drug-likeness (QED) is 0.645. The summed E-state index contributed by atoms with van der Waals surface area (Å²) in [6.45, 7) is -1.75. The molecule has 0 aliphatic rings. The summed E-state index contributed by atoms with van der Waals surface area (Å²) in [5.41, 5.74) is 0. The van der Waals surface area contributed by atoms with Crippen molar-refractivity contribution in [3.8, 4) is 0 Å². The maximum absolute atomic E-state index is 11.8. The molecule has 0 aromatic carbocycles. The van der Waals surface area contributed by atoms with Crippen molar-refractivity contribution >= 4 is 6.93 Å². The first-order valence-electron chi connectivity index (χ1n) is 1.99. The van der Waals surface area contributed by atoms with Gasteiger partial charge in [-0.2, -0.15) is 0 Å². The summed E-state index contributed by atoms with van der Waals surface area (Å²) in [4.78, 5) is 0. The van der Waals surface area contributed by atoms with Gasteiger partial charge in [0.25, 0.3) is 0 Å². The van der Waals surface area contributed by atoms with Crippen LogP contribution in [-0.4, -0.2) is 12.9 Å². The Bertz CT molecular complexity index is 110. The van der Waals surface area contributed by atoms with Crippen molar-refractivity contribution in [3.05, 3.63) is 0 Å². The zero-order chi connectivity index (χ0) is 7.49. The van der Waals surface area contributed by atoms with Crippen molar-refractivity contribution in [1.29, 1.82) is 0 Å². The molecule has 0 amide bonds. The molecule has 0 heterocycles. The van der Waals surface area contributed by atoms with Gasteiger partial charge in [0.1, 0.15) is 0 Å². The third-order valence-corrected chi connectivity index (χ3v) is 3.14. The Labute approximate surface area is 45.5 Å². The van der Waals surface area contributed by atoms with Crippen LogP contribution >= 0.6 is 0 Å². The Kier molecular flexibility index (Phi) is 1.89. The third kappa shape index (κ3) is 6.59. The van der Waals surface area contributed by atoms with Crippen LogP contribution in [0, 0.1) is 0 Å². The molecular formula is C4H5CfF4. The van der Waals surface area contributed by atoms with Crippen LogP contribution in [-0.2, 0) is 0 Å². The van der Waals surface area contributed by atoms with E-state index in [0.29, 0.717) is 6.92 Å². The molecule has 0 bridgehead atoms. The Balaban J connectivity index is 3.64. The van der Waals surface area contributed by atoms with Gasteiger partial charge in [-0.3, -0.25) is 0 Å². The second kappa shape index (κ2) is 2.24. The fourth-order valence-corrected chi connectivity index (χ4v) is 1.31. The van der Waals surface area contributed by atoms with Crippen molar-refractivity contribution in [2.24, 2.45) is 0 Å². The molecule has 0 atom stereocenters. The van der Waals surface area contributed by atoms with E-state index in [-0.39, 0.29) is 0 Å². The summed E-state index contributed by atoms with van der Waals surface area (Å²) in [7, 11) is 0. The second-order valence-corrected chi connectivity index (χ2v) is 4.34. The number of halogens is 4. The standard InChI is InChI=1S/C3H5F2.CF2.Cf/c1-3(2,4)5;2-1-3;/h1H2,2H3;;. The van der Waals surface area contributed by atoms with E-state index in [1.54, 1.807) is 0 Å². The Morgan fingerprint density at radius 3 is 2.00 bits per heavy atom. The van der Waals surface area contributed by atoms with Gasteiger partial charge in [-0.05, 0) is 0 Å². The molecular weight excluding hydrogens is 375 g/mol. The van der Waals surface area contributed by atoms with Crippen LogP contribution in [0.2, 0.25) is 6.92 Å². The summed E-state index contributed by atoms with van der Waals surface area (Å²) < 4.78 is 44.0. The van der Waals surface area contributed by atoms with Crippen LogP contribution in [0.25, 0.3) is 0 Å². The first kappa shape index (κ1) is 7.59. The molecule has 0 radical (unpaired) electrons. The molecule has 0 aromatic rings. The van der Waals surface area contributed by atoms with Gasteiger partial charge in [0.05, 0.1) is 0 Å². The fraction of sp³-hybridized carbons (Fsp3) is 0.750. The summed E-state index contributed by atoms with van der Waals surface area (Å²) >= 11 is 0. The molecule has 5 heteroatoms. The van der Waals surface area contributed by atoms with E-state index in [4.69, 9.17) is 0 Å². The van der Waals surface area contributed by atoms with Crippen molar-refractivity contribution in [1.82, 2.24) is 0 Å². The summed E-state index contributed by atoms with van der Waals surface area (Å²) in [5, 5.41) is 0. The van der Waals surface area contributed by atoms with Gasteiger partial charge in [0, 0.05) is 0 Å². The minimum atomic E-state index is -2.90. The van der Waals surface area contributed by atoms with Gasteiger partial charge in [0.2, 0.25) is 0 Å². The Morgan fingerprint density at radius 1 is 1.44 bits per heavy atom. The van der Waals surface area contributed by atoms with Crippen LogP contribution in [0.3, 0.4) is 0 Å². The molecule has 0 unspecified atom stereocenters. The average Bonchev–Trinajstić information content (AvgIpc) is 1.59. The van der Waals surface area contributed by atoms with Crippen molar-refractivity contribution < 1.29 is 17.6 Å². The molecule has 0 N–H and O–H groups in total. The minimum absolute atomic E-state index is 0.621. The third-order valence-electron chi connectivity index (χ3n) is 0.337. The number of hydrogen-bond acceptors (Lipinski definition) is 0. The van der Waals surface area contributed by atoms with E-state index in [1.165, 1.54) is 0 Å². The predicted octanol–water partition coefficient (Wildman–Crippen LogP) is 2.17. The topological polar surface area (TPSA) is 0 Å². The van der Waals surface area contributed by atoms with Crippen LogP contribution in [0.1, 0.15) is 6.92 Å². The van der Waals surface area contributed by atoms with Crippen LogP contribution in [0.4, 0.5) is 17.6 Å². The summed E-state index contributed by atoms with van der Waals surface area (Å²) in [6.07, 6.45) is 0. The molecule has 0 fully saturated rings. The van der Waals surface area contributed by atoms with Gasteiger partial charge in [-0.15, -0.1) is 0 Å². The normalized spacial score (nSPS) is 10.8. The van der Waals surface area contributed by atoms with E-state index in [0.717, 1.165) is 0 Å². The molecule has 0 saturated carbocycles. The van der Waals surface area contributed by atoms with Crippen molar-refractivity contribution in [2.45, 2.75) is 19.8 Å². The predicted molar refractivity (Wildman–Crippen MR) is 22.7 cm³/mol. The van der Waals surface area contributed by atoms with E-state index in [2.05, 4.69) is 0 Å². The Hall–Kier alpha value is -1.41. The molecule has 0 aliphatic heterocycles. The SMILES string of the molecule is CC(F)(F)[CH2][Cf]=[C](F)F. The van der Waals surface area contributed by atoms with Crippen molar-refractivity contribution in [2.75, 3.05) is 0 Å². The number of alkyl halides is 2. The zero-order valence-electron chi connectivity index (χ0n) is 4.54.